The minimum atomic E-state index is 0.512. The molecular formula is C13H23N3. The van der Waals surface area contributed by atoms with E-state index in [-0.39, 0.29) is 0 Å². The fourth-order valence-corrected chi connectivity index (χ4v) is 2.57. The molecule has 0 amide bonds. The highest BCUT2D eigenvalue weighted by Crippen LogP contribution is 2.23. The molecule has 3 nitrogen and oxygen atoms in total. The minimum absolute atomic E-state index is 0.512. The Hall–Kier alpha value is -0.830. The van der Waals surface area contributed by atoms with Crippen molar-refractivity contribution in [3.8, 4) is 0 Å². The Balaban J connectivity index is 1.72. The van der Waals surface area contributed by atoms with E-state index in [1.807, 2.05) is 23.1 Å². The number of hydrogen-bond donors (Lipinski definition) is 1. The summed E-state index contributed by atoms with van der Waals surface area (Å²) in [6, 6.07) is 3.22. The zero-order valence-electron chi connectivity index (χ0n) is 10.4. The van der Waals surface area contributed by atoms with Gasteiger partial charge in [0.15, 0.2) is 0 Å². The van der Waals surface area contributed by atoms with Gasteiger partial charge in [-0.05, 0) is 44.6 Å². The van der Waals surface area contributed by atoms with E-state index in [0.717, 1.165) is 18.5 Å². The molecule has 0 radical (unpaired) electrons. The second-order valence-electron chi connectivity index (χ2n) is 5.25. The van der Waals surface area contributed by atoms with Crippen LogP contribution in [0.25, 0.3) is 0 Å². The summed E-state index contributed by atoms with van der Waals surface area (Å²) in [6.07, 6.45) is 9.31. The van der Waals surface area contributed by atoms with Crippen molar-refractivity contribution in [3.05, 3.63) is 18.5 Å². The Morgan fingerprint density at radius 3 is 2.75 bits per heavy atom. The van der Waals surface area contributed by atoms with Crippen LogP contribution >= 0.6 is 0 Å². The predicted octanol–water partition coefficient (Wildman–Crippen LogP) is 2.44. The fourth-order valence-electron chi connectivity index (χ4n) is 2.57. The number of rotatable bonds is 4. The lowest BCUT2D eigenvalue weighted by Crippen LogP contribution is -2.40. The lowest BCUT2D eigenvalue weighted by molar-refractivity contribution is 0.280. The van der Waals surface area contributed by atoms with E-state index < -0.39 is 0 Å². The summed E-state index contributed by atoms with van der Waals surface area (Å²) in [5, 5.41) is 7.95. The summed E-state index contributed by atoms with van der Waals surface area (Å²) in [6.45, 7) is 5.59. The lowest BCUT2D eigenvalue weighted by Gasteiger charge is -2.29. The van der Waals surface area contributed by atoms with E-state index >= 15 is 0 Å². The summed E-state index contributed by atoms with van der Waals surface area (Å²) in [7, 11) is 0. The zero-order valence-corrected chi connectivity index (χ0v) is 10.4. The molecule has 1 heterocycles. The first-order valence-electron chi connectivity index (χ1n) is 6.47. The van der Waals surface area contributed by atoms with Gasteiger partial charge in [-0.1, -0.05) is 6.92 Å². The molecule has 90 valence electrons. The first-order valence-corrected chi connectivity index (χ1v) is 6.47. The smallest absolute Gasteiger partial charge is 0.0560 e. The van der Waals surface area contributed by atoms with Gasteiger partial charge in [-0.2, -0.15) is 5.10 Å². The van der Waals surface area contributed by atoms with Crippen molar-refractivity contribution in [2.24, 2.45) is 5.92 Å². The maximum atomic E-state index is 4.24. The van der Waals surface area contributed by atoms with Crippen molar-refractivity contribution in [3.63, 3.8) is 0 Å². The van der Waals surface area contributed by atoms with E-state index in [9.17, 15) is 0 Å². The molecule has 2 rings (SSSR count). The van der Waals surface area contributed by atoms with Gasteiger partial charge in [-0.25, -0.2) is 0 Å². The first-order chi connectivity index (χ1) is 7.74. The molecule has 1 N–H and O–H groups in total. The van der Waals surface area contributed by atoms with E-state index in [1.165, 1.54) is 25.7 Å². The monoisotopic (exact) mass is 221 g/mol. The standard InChI is InChI=1S/C13H23N3/c1-11-4-6-13(7-5-11)15-12(2)10-16-9-3-8-14-16/h3,8-9,11-13,15H,4-7,10H2,1-2H3. The van der Waals surface area contributed by atoms with Crippen LogP contribution in [0.1, 0.15) is 39.5 Å². The molecule has 1 aliphatic rings. The molecule has 1 aliphatic carbocycles. The molecule has 1 aromatic heterocycles. The quantitative estimate of drug-likeness (QED) is 0.846. The number of hydrogen-bond acceptors (Lipinski definition) is 2. The van der Waals surface area contributed by atoms with Crippen molar-refractivity contribution in [2.75, 3.05) is 0 Å². The fraction of sp³-hybridized carbons (Fsp3) is 0.769. The molecule has 0 bridgehead atoms. The van der Waals surface area contributed by atoms with Crippen molar-refractivity contribution in [1.29, 1.82) is 0 Å². The van der Waals surface area contributed by atoms with Crippen LogP contribution in [0, 0.1) is 5.92 Å². The van der Waals surface area contributed by atoms with E-state index in [4.69, 9.17) is 0 Å². The summed E-state index contributed by atoms with van der Waals surface area (Å²) < 4.78 is 2.00. The topological polar surface area (TPSA) is 29.9 Å². The molecule has 0 saturated heterocycles. The summed E-state index contributed by atoms with van der Waals surface area (Å²) >= 11 is 0. The maximum Gasteiger partial charge on any atom is 0.0560 e. The molecule has 1 atom stereocenters. The number of aromatic nitrogens is 2. The van der Waals surface area contributed by atoms with Crippen molar-refractivity contribution in [1.82, 2.24) is 15.1 Å². The molecule has 0 aromatic carbocycles. The first kappa shape index (κ1) is 11.6. The van der Waals surface area contributed by atoms with Gasteiger partial charge in [0.1, 0.15) is 0 Å². The largest absolute Gasteiger partial charge is 0.310 e. The van der Waals surface area contributed by atoms with Crippen LogP contribution in [0.2, 0.25) is 0 Å². The summed E-state index contributed by atoms with van der Waals surface area (Å²) in [4.78, 5) is 0. The molecule has 1 fully saturated rings. The average Bonchev–Trinajstić information content (AvgIpc) is 2.74. The Morgan fingerprint density at radius 2 is 2.12 bits per heavy atom. The van der Waals surface area contributed by atoms with Crippen molar-refractivity contribution < 1.29 is 0 Å². The van der Waals surface area contributed by atoms with Crippen LogP contribution in [0.4, 0.5) is 0 Å². The molecule has 16 heavy (non-hydrogen) atoms. The zero-order chi connectivity index (χ0) is 11.4. The minimum Gasteiger partial charge on any atom is -0.310 e. The third kappa shape index (κ3) is 3.34. The molecule has 1 aromatic rings. The number of nitrogens with one attached hydrogen (secondary N) is 1. The molecule has 3 heteroatoms. The normalized spacial score (nSPS) is 27.9. The van der Waals surface area contributed by atoms with Gasteiger partial charge < -0.3 is 5.32 Å². The van der Waals surface area contributed by atoms with Gasteiger partial charge in [0, 0.05) is 24.5 Å². The molecule has 1 unspecified atom stereocenters. The Kier molecular flexibility index (Phi) is 3.99. The molecule has 1 saturated carbocycles. The van der Waals surface area contributed by atoms with Crippen LogP contribution in [0.5, 0.6) is 0 Å². The van der Waals surface area contributed by atoms with Gasteiger partial charge in [0.25, 0.3) is 0 Å². The van der Waals surface area contributed by atoms with Crippen LogP contribution in [0.3, 0.4) is 0 Å². The van der Waals surface area contributed by atoms with Gasteiger partial charge in [0.2, 0.25) is 0 Å². The van der Waals surface area contributed by atoms with Gasteiger partial charge in [0.05, 0.1) is 6.54 Å². The second-order valence-corrected chi connectivity index (χ2v) is 5.25. The highest BCUT2D eigenvalue weighted by atomic mass is 15.3. The highest BCUT2D eigenvalue weighted by molar-refractivity contribution is 4.81. The maximum absolute atomic E-state index is 4.24. The van der Waals surface area contributed by atoms with E-state index in [1.54, 1.807) is 0 Å². The Morgan fingerprint density at radius 1 is 1.38 bits per heavy atom. The summed E-state index contributed by atoms with van der Waals surface area (Å²) in [5.74, 6) is 0.930. The van der Waals surface area contributed by atoms with Gasteiger partial charge >= 0.3 is 0 Å². The molecule has 0 aliphatic heterocycles. The van der Waals surface area contributed by atoms with Crippen LogP contribution in [-0.2, 0) is 6.54 Å². The Labute approximate surface area is 98.2 Å². The van der Waals surface area contributed by atoms with Crippen molar-refractivity contribution >= 4 is 0 Å². The van der Waals surface area contributed by atoms with Crippen molar-refractivity contribution in [2.45, 2.75) is 58.2 Å². The van der Waals surface area contributed by atoms with Crippen LogP contribution < -0.4 is 5.32 Å². The second kappa shape index (κ2) is 5.48. The highest BCUT2D eigenvalue weighted by Gasteiger charge is 2.19. The van der Waals surface area contributed by atoms with Crippen LogP contribution in [0.15, 0.2) is 18.5 Å². The van der Waals surface area contributed by atoms with Gasteiger partial charge in [-0.3, -0.25) is 4.68 Å². The van der Waals surface area contributed by atoms with E-state index in [0.29, 0.717) is 6.04 Å². The van der Waals surface area contributed by atoms with Gasteiger partial charge in [-0.15, -0.1) is 0 Å². The number of nitrogens with zero attached hydrogens (tertiary/aromatic N) is 2. The molecule has 0 spiro atoms. The third-order valence-electron chi connectivity index (χ3n) is 3.56. The summed E-state index contributed by atoms with van der Waals surface area (Å²) in [5.41, 5.74) is 0. The Bertz CT molecular complexity index is 286. The van der Waals surface area contributed by atoms with Crippen LogP contribution in [-0.4, -0.2) is 21.9 Å². The lowest BCUT2D eigenvalue weighted by atomic mass is 9.87. The SMILES string of the molecule is CC1CCC(NC(C)Cn2cccn2)CC1. The van der Waals surface area contributed by atoms with E-state index in [2.05, 4.69) is 24.3 Å². The molecular weight excluding hydrogens is 198 g/mol. The average molecular weight is 221 g/mol. The third-order valence-corrected chi connectivity index (χ3v) is 3.56. The predicted molar refractivity (Wildman–Crippen MR) is 66.2 cm³/mol.